The van der Waals surface area contributed by atoms with Gasteiger partial charge in [0, 0.05) is 18.6 Å². The zero-order valence-electron chi connectivity index (χ0n) is 14.6. The van der Waals surface area contributed by atoms with Crippen LogP contribution in [0.1, 0.15) is 72.6 Å². The Balaban J connectivity index is 0.00000208. The molecule has 0 radical (unpaired) electrons. The van der Waals surface area contributed by atoms with E-state index in [-0.39, 0.29) is 24.6 Å². The van der Waals surface area contributed by atoms with E-state index in [1.54, 1.807) is 6.92 Å². The van der Waals surface area contributed by atoms with Gasteiger partial charge in [-0.3, -0.25) is 0 Å². The summed E-state index contributed by atoms with van der Waals surface area (Å²) in [4.78, 5) is 12.1. The lowest BCUT2D eigenvalue weighted by atomic mass is 9.52. The Morgan fingerprint density at radius 2 is 1.79 bits per heavy atom. The van der Waals surface area contributed by atoms with Crippen molar-refractivity contribution >= 4 is 5.97 Å². The summed E-state index contributed by atoms with van der Waals surface area (Å²) in [5, 5.41) is 0. The van der Waals surface area contributed by atoms with Gasteiger partial charge in [-0.1, -0.05) is 27.4 Å². The maximum absolute atomic E-state index is 12.1. The highest BCUT2D eigenvalue weighted by Gasteiger charge is 2.60. The highest BCUT2D eigenvalue weighted by molar-refractivity contribution is 5.87. The van der Waals surface area contributed by atoms with Crippen LogP contribution < -0.4 is 0 Å². The second-order valence-corrected chi connectivity index (χ2v) is 8.02. The predicted molar refractivity (Wildman–Crippen MR) is 94.6 cm³/mol. The van der Waals surface area contributed by atoms with Crippen LogP contribution in [0.5, 0.6) is 0 Å². The number of carbonyl (C=O) groups is 1. The molecule has 0 N–H and O–H groups in total. The second-order valence-electron chi connectivity index (χ2n) is 8.02. The van der Waals surface area contributed by atoms with Gasteiger partial charge in [-0.25, -0.2) is 4.79 Å². The smallest absolute Gasteiger partial charge is 0.333 e. The van der Waals surface area contributed by atoms with Crippen molar-refractivity contribution in [2.75, 3.05) is 13.4 Å². The predicted octanol–water partition coefficient (Wildman–Crippen LogP) is 4.62. The molecule has 0 aliphatic heterocycles. The Morgan fingerprint density at radius 3 is 2.38 bits per heavy atom. The maximum Gasteiger partial charge on any atom is 0.333 e. The minimum Gasteiger partial charge on any atom is -0.456 e. The Kier molecular flexibility index (Phi) is 6.14. The lowest BCUT2D eigenvalue weighted by Gasteiger charge is -2.60. The molecule has 4 aliphatic rings. The van der Waals surface area contributed by atoms with E-state index < -0.39 is 0 Å². The summed E-state index contributed by atoms with van der Waals surface area (Å²) in [6.07, 6.45) is 8.45. The molecule has 2 unspecified atom stereocenters. The minimum atomic E-state index is -0.330. The Hall–Kier alpha value is -0.870. The van der Waals surface area contributed by atoms with Crippen LogP contribution in [0.3, 0.4) is 0 Å². The van der Waals surface area contributed by atoms with Crippen molar-refractivity contribution in [1.29, 1.82) is 0 Å². The quantitative estimate of drug-likeness (QED) is 0.280. The van der Waals surface area contributed by atoms with Gasteiger partial charge >= 0.3 is 5.97 Å². The van der Waals surface area contributed by atoms with E-state index in [2.05, 4.69) is 13.5 Å². The lowest BCUT2D eigenvalue weighted by molar-refractivity contribution is -0.253. The molecule has 0 aromatic rings. The van der Waals surface area contributed by atoms with E-state index in [0.717, 1.165) is 51.6 Å². The monoisotopic (exact) mass is 338 g/mol. The van der Waals surface area contributed by atoms with Crippen molar-refractivity contribution in [2.45, 2.75) is 83.8 Å². The summed E-state index contributed by atoms with van der Waals surface area (Å²) in [7, 11) is 0. The highest BCUT2D eigenvalue weighted by atomic mass is 16.7. The first-order valence-electron chi connectivity index (χ1n) is 9.06. The largest absolute Gasteiger partial charge is 0.456 e. The first kappa shape index (κ1) is 19.5. The van der Waals surface area contributed by atoms with Crippen molar-refractivity contribution < 1.29 is 19.0 Å². The van der Waals surface area contributed by atoms with Crippen LogP contribution in [-0.4, -0.2) is 30.6 Å². The molecule has 2 atom stereocenters. The number of esters is 1. The van der Waals surface area contributed by atoms with Crippen molar-refractivity contribution in [3.05, 3.63) is 12.2 Å². The summed E-state index contributed by atoms with van der Waals surface area (Å²) in [5.41, 5.74) is 0.00783. The Bertz CT molecular complexity index is 456. The molecule has 4 nitrogen and oxygen atoms in total. The number of carbonyl (C=O) groups excluding carboxylic acids is 1. The fourth-order valence-corrected chi connectivity index (χ4v) is 5.14. The van der Waals surface area contributed by atoms with Crippen molar-refractivity contribution in [3.63, 3.8) is 0 Å². The normalized spacial score (nSPS) is 36.2. The number of rotatable bonds is 8. The molecule has 0 aromatic heterocycles. The van der Waals surface area contributed by atoms with E-state index in [4.69, 9.17) is 14.2 Å². The van der Waals surface area contributed by atoms with Gasteiger partial charge in [0.05, 0.1) is 5.60 Å². The van der Waals surface area contributed by atoms with Crippen molar-refractivity contribution in [2.24, 2.45) is 11.8 Å². The van der Waals surface area contributed by atoms with Crippen LogP contribution >= 0.6 is 0 Å². The summed E-state index contributed by atoms with van der Waals surface area (Å²) in [6.45, 7) is 8.72. The fraction of sp³-hybridized carbons (Fsp3) is 0.850. The molecule has 138 valence electrons. The van der Waals surface area contributed by atoms with Crippen LogP contribution in [0.4, 0.5) is 0 Å². The van der Waals surface area contributed by atoms with Crippen LogP contribution in [0.2, 0.25) is 0 Å². The van der Waals surface area contributed by atoms with Crippen LogP contribution in [0.15, 0.2) is 12.2 Å². The molecular formula is C20H34O4. The molecule has 4 aliphatic carbocycles. The molecule has 4 fully saturated rings. The maximum atomic E-state index is 12.1. The highest BCUT2D eigenvalue weighted by Crippen LogP contribution is 2.60. The average molecular weight is 338 g/mol. The third-order valence-electron chi connectivity index (χ3n) is 5.70. The molecule has 4 heteroatoms. The molecule has 4 bridgehead atoms. The zero-order chi connectivity index (χ0) is 16.5. The molecular weight excluding hydrogens is 304 g/mol. The van der Waals surface area contributed by atoms with Gasteiger partial charge in [0.25, 0.3) is 0 Å². The second kappa shape index (κ2) is 7.57. The Morgan fingerprint density at radius 1 is 1.17 bits per heavy atom. The van der Waals surface area contributed by atoms with Gasteiger partial charge in [-0.2, -0.15) is 0 Å². The summed E-state index contributed by atoms with van der Waals surface area (Å²) < 4.78 is 17.8. The van der Waals surface area contributed by atoms with Gasteiger partial charge in [0.15, 0.2) is 0 Å². The molecule has 0 saturated heterocycles. The zero-order valence-corrected chi connectivity index (χ0v) is 14.6. The third-order valence-corrected chi connectivity index (χ3v) is 5.70. The Labute approximate surface area is 146 Å². The SMILES string of the molecule is C.C=C(C)C(=O)OC12CC3CC(CC(OCOCCCC)(C3)C1)C2. The van der Waals surface area contributed by atoms with Crippen LogP contribution in [0, 0.1) is 11.8 Å². The topological polar surface area (TPSA) is 44.8 Å². The first-order valence-corrected chi connectivity index (χ1v) is 9.06. The number of unbranched alkanes of at least 4 members (excludes halogenated alkanes) is 1. The molecule has 4 saturated carbocycles. The van der Waals surface area contributed by atoms with Crippen LogP contribution in [-0.2, 0) is 19.0 Å². The molecule has 0 heterocycles. The van der Waals surface area contributed by atoms with Gasteiger partial charge in [0.1, 0.15) is 12.4 Å². The molecule has 4 rings (SSSR count). The number of ether oxygens (including phenoxy) is 3. The van der Waals surface area contributed by atoms with Crippen molar-refractivity contribution in [3.8, 4) is 0 Å². The van der Waals surface area contributed by atoms with Crippen molar-refractivity contribution in [1.82, 2.24) is 0 Å². The minimum absolute atomic E-state index is 0. The lowest BCUT2D eigenvalue weighted by Crippen LogP contribution is -2.61. The summed E-state index contributed by atoms with van der Waals surface area (Å²) >= 11 is 0. The molecule has 0 amide bonds. The van der Waals surface area contributed by atoms with Gasteiger partial charge < -0.3 is 14.2 Å². The third kappa shape index (κ3) is 4.02. The number of hydrogen-bond acceptors (Lipinski definition) is 4. The molecule has 24 heavy (non-hydrogen) atoms. The van der Waals surface area contributed by atoms with E-state index in [0.29, 0.717) is 24.2 Å². The fourth-order valence-electron chi connectivity index (χ4n) is 5.14. The van der Waals surface area contributed by atoms with Gasteiger partial charge in [0.2, 0.25) is 0 Å². The van der Waals surface area contributed by atoms with E-state index >= 15 is 0 Å². The van der Waals surface area contributed by atoms with E-state index in [1.165, 1.54) is 6.42 Å². The van der Waals surface area contributed by atoms with Gasteiger partial charge in [-0.05, 0) is 57.3 Å². The standard InChI is InChI=1S/C19H30O4.CH4/c1-4-5-6-21-13-22-18-8-15-7-16(9-18)11-19(10-15,12-18)23-17(20)14(2)3;/h15-16H,2,4-13H2,1,3H3;1H4. The molecule has 0 spiro atoms. The number of hydrogen-bond donors (Lipinski definition) is 0. The van der Waals surface area contributed by atoms with Gasteiger partial charge in [-0.15, -0.1) is 0 Å². The molecule has 0 aromatic carbocycles. The van der Waals surface area contributed by atoms with Crippen LogP contribution in [0.25, 0.3) is 0 Å². The van der Waals surface area contributed by atoms with E-state index in [9.17, 15) is 4.79 Å². The summed E-state index contributed by atoms with van der Waals surface area (Å²) in [5.74, 6) is 0.982. The first-order chi connectivity index (χ1) is 11.0. The average Bonchev–Trinajstić information content (AvgIpc) is 2.44. The van der Waals surface area contributed by atoms with E-state index in [1.807, 2.05) is 0 Å². The summed E-state index contributed by atoms with van der Waals surface area (Å²) in [6, 6.07) is 0.